The van der Waals surface area contributed by atoms with Crippen LogP contribution in [0.25, 0.3) is 22.4 Å². The van der Waals surface area contributed by atoms with Gasteiger partial charge in [0.25, 0.3) is 0 Å². The van der Waals surface area contributed by atoms with Gasteiger partial charge in [-0.25, -0.2) is 9.78 Å². The number of hydrogen-bond donors (Lipinski definition) is 1. The number of H-pyrrole nitrogens is 1. The van der Waals surface area contributed by atoms with Crippen molar-refractivity contribution in [3.05, 3.63) is 48.0 Å². The van der Waals surface area contributed by atoms with Gasteiger partial charge in [0.15, 0.2) is 0 Å². The van der Waals surface area contributed by atoms with Crippen LogP contribution in [0.1, 0.15) is 10.4 Å². The normalized spacial score (nSPS) is 10.6. The van der Waals surface area contributed by atoms with E-state index >= 15 is 0 Å². The number of ether oxygens (including phenoxy) is 2. The summed E-state index contributed by atoms with van der Waals surface area (Å²) in [5.41, 5.74) is 3.18. The monoisotopic (exact) mass is 282 g/mol. The number of benzene rings is 2. The quantitative estimate of drug-likeness (QED) is 0.750. The summed E-state index contributed by atoms with van der Waals surface area (Å²) in [6.45, 7) is 0. The molecule has 1 N–H and O–H groups in total. The summed E-state index contributed by atoms with van der Waals surface area (Å²) in [5, 5.41) is 0. The Morgan fingerprint density at radius 1 is 1.10 bits per heavy atom. The SMILES string of the molecule is COC(=O)c1ccc(-c2nc3ccc(OC)cc3[nH]2)cc1. The number of carbonyl (C=O) groups excluding carboxylic acids is 1. The molecule has 5 nitrogen and oxygen atoms in total. The molecule has 5 heteroatoms. The fourth-order valence-corrected chi connectivity index (χ4v) is 2.13. The van der Waals surface area contributed by atoms with E-state index in [1.54, 1.807) is 19.2 Å². The molecule has 1 aromatic heterocycles. The molecule has 1 heterocycles. The zero-order valence-corrected chi connectivity index (χ0v) is 11.7. The minimum atomic E-state index is -0.351. The van der Waals surface area contributed by atoms with E-state index in [4.69, 9.17) is 4.74 Å². The van der Waals surface area contributed by atoms with Gasteiger partial charge in [-0.05, 0) is 24.3 Å². The van der Waals surface area contributed by atoms with Crippen molar-refractivity contribution in [3.8, 4) is 17.1 Å². The first-order chi connectivity index (χ1) is 10.2. The van der Waals surface area contributed by atoms with Gasteiger partial charge in [-0.3, -0.25) is 0 Å². The van der Waals surface area contributed by atoms with Crippen LogP contribution in [0.15, 0.2) is 42.5 Å². The highest BCUT2D eigenvalue weighted by Gasteiger charge is 2.08. The van der Waals surface area contributed by atoms with Crippen LogP contribution in [0.4, 0.5) is 0 Å². The van der Waals surface area contributed by atoms with E-state index < -0.39 is 0 Å². The molecule has 3 aromatic rings. The molecular formula is C16H14N2O3. The zero-order valence-electron chi connectivity index (χ0n) is 11.7. The van der Waals surface area contributed by atoms with Gasteiger partial charge in [0.05, 0.1) is 30.8 Å². The third kappa shape index (κ3) is 2.45. The van der Waals surface area contributed by atoms with Crippen LogP contribution >= 0.6 is 0 Å². The summed E-state index contributed by atoms with van der Waals surface area (Å²) < 4.78 is 9.87. The fourth-order valence-electron chi connectivity index (χ4n) is 2.13. The molecule has 0 unspecified atom stereocenters. The lowest BCUT2D eigenvalue weighted by molar-refractivity contribution is 0.0601. The first-order valence-electron chi connectivity index (χ1n) is 6.44. The zero-order chi connectivity index (χ0) is 14.8. The van der Waals surface area contributed by atoms with Gasteiger partial charge < -0.3 is 14.5 Å². The number of nitrogens with zero attached hydrogens (tertiary/aromatic N) is 1. The van der Waals surface area contributed by atoms with E-state index in [-0.39, 0.29) is 5.97 Å². The molecule has 0 amide bonds. The maximum atomic E-state index is 11.4. The predicted molar refractivity (Wildman–Crippen MR) is 79.4 cm³/mol. The van der Waals surface area contributed by atoms with Gasteiger partial charge in [0, 0.05) is 11.6 Å². The van der Waals surface area contributed by atoms with Crippen LogP contribution in [0.5, 0.6) is 5.75 Å². The number of hydrogen-bond acceptors (Lipinski definition) is 4. The summed E-state index contributed by atoms with van der Waals surface area (Å²) in [7, 11) is 2.99. The Morgan fingerprint density at radius 2 is 1.86 bits per heavy atom. The molecule has 21 heavy (non-hydrogen) atoms. The second kappa shape index (κ2) is 5.28. The first kappa shape index (κ1) is 13.2. The molecule has 0 radical (unpaired) electrons. The van der Waals surface area contributed by atoms with Gasteiger partial charge in [-0.2, -0.15) is 0 Å². The maximum absolute atomic E-state index is 11.4. The van der Waals surface area contributed by atoms with Crippen LogP contribution in [-0.4, -0.2) is 30.2 Å². The molecule has 2 aromatic carbocycles. The molecule has 0 bridgehead atoms. The highest BCUT2D eigenvalue weighted by Crippen LogP contribution is 2.24. The van der Waals surface area contributed by atoms with E-state index in [1.807, 2.05) is 30.3 Å². The van der Waals surface area contributed by atoms with Gasteiger partial charge in [0.1, 0.15) is 11.6 Å². The molecule has 0 aliphatic heterocycles. The van der Waals surface area contributed by atoms with Gasteiger partial charge in [-0.15, -0.1) is 0 Å². The van der Waals surface area contributed by atoms with Gasteiger partial charge in [0.2, 0.25) is 0 Å². The molecular weight excluding hydrogens is 268 g/mol. The molecule has 3 rings (SSSR count). The third-order valence-corrected chi connectivity index (χ3v) is 3.27. The minimum absolute atomic E-state index is 0.351. The van der Waals surface area contributed by atoms with E-state index in [1.165, 1.54) is 7.11 Å². The topological polar surface area (TPSA) is 64.2 Å². The van der Waals surface area contributed by atoms with Crippen LogP contribution in [0.2, 0.25) is 0 Å². The molecule has 0 atom stereocenters. The van der Waals surface area contributed by atoms with E-state index in [2.05, 4.69) is 14.7 Å². The summed E-state index contributed by atoms with van der Waals surface area (Å²) in [6.07, 6.45) is 0. The van der Waals surface area contributed by atoms with Crippen molar-refractivity contribution in [2.75, 3.05) is 14.2 Å². The van der Waals surface area contributed by atoms with E-state index in [0.717, 1.165) is 28.2 Å². The van der Waals surface area contributed by atoms with Gasteiger partial charge >= 0.3 is 5.97 Å². The lowest BCUT2D eigenvalue weighted by Crippen LogP contribution is -2.00. The third-order valence-electron chi connectivity index (χ3n) is 3.27. The van der Waals surface area contributed by atoms with Crippen molar-refractivity contribution < 1.29 is 14.3 Å². The number of aromatic nitrogens is 2. The summed E-state index contributed by atoms with van der Waals surface area (Å²) in [6, 6.07) is 12.8. The summed E-state index contributed by atoms with van der Waals surface area (Å²) in [4.78, 5) is 19.2. The van der Waals surface area contributed by atoms with Crippen LogP contribution in [0.3, 0.4) is 0 Å². The standard InChI is InChI=1S/C16H14N2O3/c1-20-12-7-8-13-14(9-12)18-15(17-13)10-3-5-11(6-4-10)16(19)21-2/h3-9H,1-2H3,(H,17,18). The molecule has 0 aliphatic carbocycles. The fraction of sp³-hybridized carbons (Fsp3) is 0.125. The lowest BCUT2D eigenvalue weighted by Gasteiger charge is -2.00. The number of imidazole rings is 1. The number of aromatic amines is 1. The molecule has 0 aliphatic rings. The number of methoxy groups -OCH3 is 2. The Balaban J connectivity index is 1.98. The second-order valence-corrected chi connectivity index (χ2v) is 4.54. The van der Waals surface area contributed by atoms with Crippen molar-refractivity contribution in [2.45, 2.75) is 0 Å². The number of carbonyl (C=O) groups is 1. The largest absolute Gasteiger partial charge is 0.497 e. The number of fused-ring (bicyclic) bond motifs is 1. The first-order valence-corrected chi connectivity index (χ1v) is 6.44. The lowest BCUT2D eigenvalue weighted by atomic mass is 10.1. The number of nitrogens with one attached hydrogen (secondary N) is 1. The molecule has 0 spiro atoms. The maximum Gasteiger partial charge on any atom is 0.337 e. The Bertz CT molecular complexity index is 791. The van der Waals surface area contributed by atoms with Crippen molar-refractivity contribution in [1.82, 2.24) is 9.97 Å². The van der Waals surface area contributed by atoms with Crippen molar-refractivity contribution in [1.29, 1.82) is 0 Å². The Kier molecular flexibility index (Phi) is 3.31. The summed E-state index contributed by atoms with van der Waals surface area (Å²) in [5.74, 6) is 1.17. The van der Waals surface area contributed by atoms with Crippen LogP contribution in [0, 0.1) is 0 Å². The Labute approximate surface area is 121 Å². The average molecular weight is 282 g/mol. The summed E-state index contributed by atoms with van der Waals surface area (Å²) >= 11 is 0. The van der Waals surface area contributed by atoms with Crippen molar-refractivity contribution in [3.63, 3.8) is 0 Å². The highest BCUT2D eigenvalue weighted by atomic mass is 16.5. The average Bonchev–Trinajstić information content (AvgIpc) is 2.97. The molecule has 0 fully saturated rings. The molecule has 0 saturated heterocycles. The van der Waals surface area contributed by atoms with Crippen molar-refractivity contribution >= 4 is 17.0 Å². The number of esters is 1. The predicted octanol–water partition coefficient (Wildman–Crippen LogP) is 3.03. The number of rotatable bonds is 3. The molecule has 0 saturated carbocycles. The van der Waals surface area contributed by atoms with Crippen LogP contribution in [-0.2, 0) is 4.74 Å². The smallest absolute Gasteiger partial charge is 0.337 e. The Hall–Kier alpha value is -2.82. The Morgan fingerprint density at radius 3 is 2.52 bits per heavy atom. The second-order valence-electron chi connectivity index (χ2n) is 4.54. The van der Waals surface area contributed by atoms with Crippen molar-refractivity contribution in [2.24, 2.45) is 0 Å². The molecule has 106 valence electrons. The van der Waals surface area contributed by atoms with E-state index in [0.29, 0.717) is 5.56 Å². The van der Waals surface area contributed by atoms with Gasteiger partial charge in [-0.1, -0.05) is 12.1 Å². The van der Waals surface area contributed by atoms with Crippen LogP contribution < -0.4 is 4.74 Å². The minimum Gasteiger partial charge on any atom is -0.497 e. The van der Waals surface area contributed by atoms with E-state index in [9.17, 15) is 4.79 Å². The highest BCUT2D eigenvalue weighted by molar-refractivity contribution is 5.90.